The molecule has 29 heavy (non-hydrogen) atoms. The number of carbonyl (C=O) groups is 1. The zero-order valence-electron chi connectivity index (χ0n) is 16.9. The second kappa shape index (κ2) is 8.49. The van der Waals surface area contributed by atoms with Gasteiger partial charge in [-0.1, -0.05) is 31.2 Å². The largest absolute Gasteiger partial charge is 0.497 e. The fourth-order valence-corrected chi connectivity index (χ4v) is 3.68. The van der Waals surface area contributed by atoms with Gasteiger partial charge in [-0.2, -0.15) is 0 Å². The maximum atomic E-state index is 12.9. The molecule has 3 aromatic rings. The van der Waals surface area contributed by atoms with Gasteiger partial charge in [0.25, 0.3) is 5.91 Å². The lowest BCUT2D eigenvalue weighted by Crippen LogP contribution is -2.46. The van der Waals surface area contributed by atoms with E-state index in [2.05, 4.69) is 28.1 Å². The fourth-order valence-electron chi connectivity index (χ4n) is 3.68. The molecule has 0 atom stereocenters. The van der Waals surface area contributed by atoms with E-state index in [0.29, 0.717) is 11.4 Å². The van der Waals surface area contributed by atoms with E-state index in [1.54, 1.807) is 7.11 Å². The zero-order valence-corrected chi connectivity index (χ0v) is 16.9. The maximum Gasteiger partial charge on any atom is 0.274 e. The Morgan fingerprint density at radius 1 is 1.07 bits per heavy atom. The number of pyridine rings is 1. The quantitative estimate of drug-likeness (QED) is 0.721. The second-order valence-electron chi connectivity index (χ2n) is 7.16. The number of rotatable bonds is 5. The van der Waals surface area contributed by atoms with Crippen molar-refractivity contribution in [1.29, 1.82) is 0 Å². The first-order valence-corrected chi connectivity index (χ1v) is 10.0. The summed E-state index contributed by atoms with van der Waals surface area (Å²) in [5.74, 6) is 1.42. The number of methoxy groups -OCH3 is 1. The highest BCUT2D eigenvalue weighted by Gasteiger charge is 2.21. The summed E-state index contributed by atoms with van der Waals surface area (Å²) in [6.45, 7) is 7.09. The van der Waals surface area contributed by atoms with Crippen LogP contribution < -0.4 is 15.0 Å². The van der Waals surface area contributed by atoms with E-state index >= 15 is 0 Å². The van der Waals surface area contributed by atoms with E-state index in [4.69, 9.17) is 9.72 Å². The van der Waals surface area contributed by atoms with Gasteiger partial charge in [0.1, 0.15) is 17.3 Å². The number of hydrogen-bond acceptors (Lipinski definition) is 5. The van der Waals surface area contributed by atoms with E-state index in [1.807, 2.05) is 48.5 Å². The van der Waals surface area contributed by atoms with Gasteiger partial charge in [-0.3, -0.25) is 4.79 Å². The topological polar surface area (TPSA) is 57.7 Å². The molecule has 6 nitrogen and oxygen atoms in total. The van der Waals surface area contributed by atoms with E-state index in [0.717, 1.165) is 55.1 Å². The summed E-state index contributed by atoms with van der Waals surface area (Å²) >= 11 is 0. The average Bonchev–Trinajstić information content (AvgIpc) is 2.79. The van der Waals surface area contributed by atoms with Gasteiger partial charge in [0.2, 0.25) is 0 Å². The number of hydrogen-bond donors (Lipinski definition) is 1. The normalized spacial score (nSPS) is 14.8. The van der Waals surface area contributed by atoms with Gasteiger partial charge in [-0.15, -0.1) is 0 Å². The van der Waals surface area contributed by atoms with Crippen LogP contribution in [0.4, 0.5) is 11.5 Å². The van der Waals surface area contributed by atoms with Crippen LogP contribution in [0.2, 0.25) is 0 Å². The van der Waals surface area contributed by atoms with Gasteiger partial charge >= 0.3 is 0 Å². The van der Waals surface area contributed by atoms with Gasteiger partial charge in [-0.05, 0) is 42.3 Å². The van der Waals surface area contributed by atoms with Crippen molar-refractivity contribution >= 4 is 28.2 Å². The van der Waals surface area contributed by atoms with E-state index in [9.17, 15) is 4.79 Å². The van der Waals surface area contributed by atoms with Crippen molar-refractivity contribution in [1.82, 2.24) is 9.88 Å². The molecule has 2 aromatic carbocycles. The highest BCUT2D eigenvalue weighted by atomic mass is 16.5. The van der Waals surface area contributed by atoms with E-state index < -0.39 is 0 Å². The van der Waals surface area contributed by atoms with Crippen LogP contribution >= 0.6 is 0 Å². The molecule has 0 aliphatic carbocycles. The van der Waals surface area contributed by atoms with Crippen LogP contribution in [0.3, 0.4) is 0 Å². The number of aromatic nitrogens is 1. The Bertz CT molecular complexity index is 995. The molecule has 0 radical (unpaired) electrons. The molecule has 150 valence electrons. The lowest BCUT2D eigenvalue weighted by molar-refractivity contribution is 0.102. The van der Waals surface area contributed by atoms with Gasteiger partial charge in [-0.25, -0.2) is 4.98 Å². The monoisotopic (exact) mass is 390 g/mol. The number of fused-ring (bicyclic) bond motifs is 1. The lowest BCUT2D eigenvalue weighted by Gasteiger charge is -2.35. The van der Waals surface area contributed by atoms with Crippen molar-refractivity contribution in [3.05, 3.63) is 60.3 Å². The number of amides is 1. The summed E-state index contributed by atoms with van der Waals surface area (Å²) in [7, 11) is 1.62. The third-order valence-electron chi connectivity index (χ3n) is 5.42. The molecule has 6 heteroatoms. The number of piperazine rings is 1. The molecular formula is C23H26N4O2. The number of ether oxygens (including phenoxy) is 1. The second-order valence-corrected chi connectivity index (χ2v) is 7.16. The predicted molar refractivity (Wildman–Crippen MR) is 117 cm³/mol. The van der Waals surface area contributed by atoms with Gasteiger partial charge in [0.05, 0.1) is 7.11 Å². The smallest absolute Gasteiger partial charge is 0.274 e. The van der Waals surface area contributed by atoms with Crippen LogP contribution in [-0.2, 0) is 0 Å². The Morgan fingerprint density at radius 2 is 1.79 bits per heavy atom. The molecule has 1 saturated heterocycles. The Balaban J connectivity index is 1.63. The zero-order chi connectivity index (χ0) is 20.2. The van der Waals surface area contributed by atoms with Crippen LogP contribution in [0.15, 0.2) is 54.6 Å². The van der Waals surface area contributed by atoms with Crippen LogP contribution in [0.1, 0.15) is 17.4 Å². The molecule has 0 bridgehead atoms. The first-order chi connectivity index (χ1) is 14.2. The Kier molecular flexibility index (Phi) is 5.62. The summed E-state index contributed by atoms with van der Waals surface area (Å²) in [5.41, 5.74) is 1.14. The first kappa shape index (κ1) is 19.2. The van der Waals surface area contributed by atoms with E-state index in [1.165, 1.54) is 0 Å². The molecule has 1 N–H and O–H groups in total. The van der Waals surface area contributed by atoms with Crippen molar-refractivity contribution in [3.63, 3.8) is 0 Å². The average molecular weight is 390 g/mol. The van der Waals surface area contributed by atoms with E-state index in [-0.39, 0.29) is 5.91 Å². The third-order valence-corrected chi connectivity index (χ3v) is 5.42. The maximum absolute atomic E-state index is 12.9. The minimum atomic E-state index is -0.214. The molecule has 4 rings (SSSR count). The molecule has 1 fully saturated rings. The van der Waals surface area contributed by atoms with Crippen molar-refractivity contribution in [2.24, 2.45) is 0 Å². The van der Waals surface area contributed by atoms with Crippen LogP contribution in [0, 0.1) is 0 Å². The van der Waals surface area contributed by atoms with Crippen molar-refractivity contribution in [2.75, 3.05) is 50.1 Å². The molecule has 0 unspecified atom stereocenters. The summed E-state index contributed by atoms with van der Waals surface area (Å²) in [6.07, 6.45) is 0. The minimum absolute atomic E-state index is 0.214. The lowest BCUT2D eigenvalue weighted by atomic mass is 10.1. The summed E-state index contributed by atoms with van der Waals surface area (Å²) in [6, 6.07) is 17.3. The highest BCUT2D eigenvalue weighted by molar-refractivity contribution is 6.06. The number of benzene rings is 2. The Hall–Kier alpha value is -3.12. The van der Waals surface area contributed by atoms with Crippen molar-refractivity contribution in [3.8, 4) is 5.75 Å². The molecule has 2 heterocycles. The van der Waals surface area contributed by atoms with Crippen molar-refractivity contribution < 1.29 is 9.53 Å². The number of likely N-dealkylation sites (N-methyl/N-ethyl adjacent to an activating group) is 1. The minimum Gasteiger partial charge on any atom is -0.497 e. The standard InChI is InChI=1S/C23H26N4O2/c1-3-26-12-14-27(15-13-26)22-20-7-5-4-6-17(20)16-21(25-22)23(28)24-18-8-10-19(29-2)11-9-18/h4-11,16H,3,12-15H2,1-2H3,(H,24,28). The molecule has 0 saturated carbocycles. The van der Waals surface area contributed by atoms with Crippen LogP contribution in [0.25, 0.3) is 10.8 Å². The molecule has 1 aliphatic heterocycles. The molecular weight excluding hydrogens is 364 g/mol. The van der Waals surface area contributed by atoms with Gasteiger partial charge < -0.3 is 19.9 Å². The van der Waals surface area contributed by atoms with Gasteiger partial charge in [0.15, 0.2) is 0 Å². The Morgan fingerprint density at radius 3 is 2.48 bits per heavy atom. The SMILES string of the molecule is CCN1CCN(c2nc(C(=O)Nc3ccc(OC)cc3)cc3ccccc23)CC1. The number of nitrogens with one attached hydrogen (secondary N) is 1. The summed E-state index contributed by atoms with van der Waals surface area (Å²) < 4.78 is 5.17. The molecule has 0 spiro atoms. The third kappa shape index (κ3) is 4.17. The summed E-state index contributed by atoms with van der Waals surface area (Å²) in [5, 5.41) is 5.04. The molecule has 1 aromatic heterocycles. The van der Waals surface area contributed by atoms with Crippen molar-refractivity contribution in [2.45, 2.75) is 6.92 Å². The van der Waals surface area contributed by atoms with Crippen LogP contribution in [0.5, 0.6) is 5.75 Å². The summed E-state index contributed by atoms with van der Waals surface area (Å²) in [4.78, 5) is 22.4. The number of carbonyl (C=O) groups excluding carboxylic acids is 1. The predicted octanol–water partition coefficient (Wildman–Crippen LogP) is 3.64. The molecule has 1 amide bonds. The Labute approximate surface area is 171 Å². The fraction of sp³-hybridized carbons (Fsp3) is 0.304. The number of anilines is 2. The number of nitrogens with zero attached hydrogens (tertiary/aromatic N) is 3. The van der Waals surface area contributed by atoms with Crippen LogP contribution in [-0.4, -0.2) is 55.6 Å². The highest BCUT2D eigenvalue weighted by Crippen LogP contribution is 2.27. The molecule has 1 aliphatic rings. The first-order valence-electron chi connectivity index (χ1n) is 10.0. The van der Waals surface area contributed by atoms with Gasteiger partial charge in [0, 0.05) is 37.3 Å².